The van der Waals surface area contributed by atoms with Gasteiger partial charge < -0.3 is 15.0 Å². The number of urea groups is 1. The fourth-order valence-corrected chi connectivity index (χ4v) is 2.76. The van der Waals surface area contributed by atoms with Crippen LogP contribution in [0.3, 0.4) is 0 Å². The van der Waals surface area contributed by atoms with Crippen LogP contribution in [0.15, 0.2) is 54.9 Å². The lowest BCUT2D eigenvalue weighted by molar-refractivity contribution is -0.0657. The highest BCUT2D eigenvalue weighted by molar-refractivity contribution is 5.74. The molecule has 0 radical (unpaired) electrons. The van der Waals surface area contributed by atoms with E-state index < -0.39 is 0 Å². The van der Waals surface area contributed by atoms with Crippen LogP contribution in [-0.4, -0.2) is 35.1 Å². The molecule has 0 aliphatic carbocycles. The van der Waals surface area contributed by atoms with E-state index in [2.05, 4.69) is 10.3 Å². The number of carbonyl (C=O) groups excluding carboxylic acids is 1. The van der Waals surface area contributed by atoms with Gasteiger partial charge in [0, 0.05) is 25.5 Å². The second-order valence-corrected chi connectivity index (χ2v) is 5.77. The third-order valence-corrected chi connectivity index (χ3v) is 3.89. The van der Waals surface area contributed by atoms with Crippen molar-refractivity contribution in [2.45, 2.75) is 25.7 Å². The molecule has 2 amide bonds. The zero-order valence-electron chi connectivity index (χ0n) is 13.2. The van der Waals surface area contributed by atoms with Gasteiger partial charge in [-0.2, -0.15) is 0 Å². The molecule has 1 fully saturated rings. The van der Waals surface area contributed by atoms with Gasteiger partial charge in [0.2, 0.25) is 0 Å². The Morgan fingerprint density at radius 3 is 2.83 bits per heavy atom. The monoisotopic (exact) mass is 311 g/mol. The summed E-state index contributed by atoms with van der Waals surface area (Å²) in [6, 6.07) is 13.8. The van der Waals surface area contributed by atoms with Gasteiger partial charge in [0.05, 0.1) is 12.6 Å². The number of amides is 2. The first-order valence-corrected chi connectivity index (χ1v) is 7.84. The molecule has 0 saturated carbocycles. The van der Waals surface area contributed by atoms with E-state index >= 15 is 0 Å². The summed E-state index contributed by atoms with van der Waals surface area (Å²) in [4.78, 5) is 18.3. The molecule has 1 aliphatic heterocycles. The molecule has 1 aliphatic rings. The number of nitrogens with one attached hydrogen (secondary N) is 1. The number of nitrogens with zero attached hydrogens (tertiary/aromatic N) is 2. The number of aromatic nitrogens is 1. The second-order valence-electron chi connectivity index (χ2n) is 5.77. The highest BCUT2D eigenvalue weighted by Gasteiger charge is 2.29. The van der Waals surface area contributed by atoms with Gasteiger partial charge in [-0.3, -0.25) is 4.98 Å². The van der Waals surface area contributed by atoms with Crippen LogP contribution >= 0.6 is 0 Å². The Labute approximate surface area is 136 Å². The van der Waals surface area contributed by atoms with E-state index in [-0.39, 0.29) is 18.2 Å². The first kappa shape index (κ1) is 15.5. The van der Waals surface area contributed by atoms with E-state index in [0.717, 1.165) is 11.1 Å². The molecular weight excluding hydrogens is 290 g/mol. The first-order valence-electron chi connectivity index (χ1n) is 7.84. The number of rotatable bonds is 3. The number of hydrogen-bond acceptors (Lipinski definition) is 3. The van der Waals surface area contributed by atoms with Crippen molar-refractivity contribution in [3.8, 4) is 0 Å². The Balaban J connectivity index is 1.61. The van der Waals surface area contributed by atoms with E-state index in [9.17, 15) is 4.79 Å². The summed E-state index contributed by atoms with van der Waals surface area (Å²) in [6.07, 6.45) is 3.41. The average molecular weight is 311 g/mol. The number of morpholine rings is 1. The van der Waals surface area contributed by atoms with Crippen LogP contribution in [0.1, 0.15) is 24.2 Å². The molecule has 1 saturated heterocycles. The molecule has 0 spiro atoms. The van der Waals surface area contributed by atoms with Crippen molar-refractivity contribution >= 4 is 6.03 Å². The van der Waals surface area contributed by atoms with Crippen LogP contribution in [0.4, 0.5) is 4.79 Å². The molecule has 23 heavy (non-hydrogen) atoms. The largest absolute Gasteiger partial charge is 0.367 e. The fraction of sp³-hybridized carbons (Fsp3) is 0.333. The number of hydrogen-bond donors (Lipinski definition) is 1. The van der Waals surface area contributed by atoms with E-state index in [1.54, 1.807) is 12.4 Å². The molecule has 120 valence electrons. The van der Waals surface area contributed by atoms with Crippen LogP contribution in [0.5, 0.6) is 0 Å². The molecule has 5 nitrogen and oxygen atoms in total. The molecule has 1 aromatic heterocycles. The molecule has 1 N–H and O–H groups in total. The van der Waals surface area contributed by atoms with Crippen molar-refractivity contribution in [2.75, 3.05) is 13.1 Å². The third kappa shape index (κ3) is 4.07. The Kier molecular flexibility index (Phi) is 4.88. The van der Waals surface area contributed by atoms with Crippen molar-refractivity contribution in [1.82, 2.24) is 15.2 Å². The molecule has 3 rings (SSSR count). The minimum atomic E-state index is -0.0795. The SMILES string of the molecule is C[C@@H]1CN(C(=O)NCc2cccnc2)C[C@H](c2ccccc2)O1. The van der Waals surface area contributed by atoms with Crippen LogP contribution < -0.4 is 5.32 Å². The maximum atomic E-state index is 12.4. The summed E-state index contributed by atoms with van der Waals surface area (Å²) in [7, 11) is 0. The zero-order valence-corrected chi connectivity index (χ0v) is 13.2. The highest BCUT2D eigenvalue weighted by atomic mass is 16.5. The maximum absolute atomic E-state index is 12.4. The molecular formula is C18H21N3O2. The van der Waals surface area contributed by atoms with E-state index in [1.807, 2.05) is 54.3 Å². The molecule has 2 heterocycles. The smallest absolute Gasteiger partial charge is 0.317 e. The van der Waals surface area contributed by atoms with E-state index in [0.29, 0.717) is 19.6 Å². The molecule has 5 heteroatoms. The lowest BCUT2D eigenvalue weighted by Gasteiger charge is -2.37. The summed E-state index contributed by atoms with van der Waals surface area (Å²) in [5.41, 5.74) is 2.09. The fourth-order valence-electron chi connectivity index (χ4n) is 2.76. The molecule has 2 atom stereocenters. The predicted molar refractivity (Wildman–Crippen MR) is 87.8 cm³/mol. The number of ether oxygens (including phenoxy) is 1. The van der Waals surface area contributed by atoms with Gasteiger partial charge in [0.15, 0.2) is 0 Å². The number of pyridine rings is 1. The van der Waals surface area contributed by atoms with Crippen molar-refractivity contribution in [3.63, 3.8) is 0 Å². The minimum absolute atomic E-state index is 0.0121. The maximum Gasteiger partial charge on any atom is 0.317 e. The Morgan fingerprint density at radius 2 is 2.09 bits per heavy atom. The Bertz CT molecular complexity index is 633. The Hall–Kier alpha value is -2.40. The van der Waals surface area contributed by atoms with Gasteiger partial charge in [0.1, 0.15) is 6.10 Å². The Morgan fingerprint density at radius 1 is 1.26 bits per heavy atom. The van der Waals surface area contributed by atoms with Crippen molar-refractivity contribution < 1.29 is 9.53 Å². The quantitative estimate of drug-likeness (QED) is 0.948. The van der Waals surface area contributed by atoms with Crippen LogP contribution in [0.25, 0.3) is 0 Å². The summed E-state index contributed by atoms with van der Waals surface area (Å²) in [6.45, 7) is 3.64. The van der Waals surface area contributed by atoms with Gasteiger partial charge in [-0.1, -0.05) is 36.4 Å². The van der Waals surface area contributed by atoms with Gasteiger partial charge in [-0.05, 0) is 24.1 Å². The first-order chi connectivity index (χ1) is 11.2. The summed E-state index contributed by atoms with van der Waals surface area (Å²) in [5.74, 6) is 0. The lowest BCUT2D eigenvalue weighted by atomic mass is 10.1. The van der Waals surface area contributed by atoms with Gasteiger partial charge in [-0.15, -0.1) is 0 Å². The molecule has 0 bridgehead atoms. The van der Waals surface area contributed by atoms with E-state index in [1.165, 1.54) is 0 Å². The lowest BCUT2D eigenvalue weighted by Crippen LogP contribution is -2.49. The summed E-state index contributed by atoms with van der Waals surface area (Å²) in [5, 5.41) is 2.95. The summed E-state index contributed by atoms with van der Waals surface area (Å²) >= 11 is 0. The topological polar surface area (TPSA) is 54.5 Å². The summed E-state index contributed by atoms with van der Waals surface area (Å²) < 4.78 is 5.98. The van der Waals surface area contributed by atoms with Gasteiger partial charge >= 0.3 is 6.03 Å². The zero-order chi connectivity index (χ0) is 16.1. The van der Waals surface area contributed by atoms with Gasteiger partial charge in [0.25, 0.3) is 0 Å². The molecule has 0 unspecified atom stereocenters. The van der Waals surface area contributed by atoms with Crippen LogP contribution in [0, 0.1) is 0 Å². The average Bonchev–Trinajstić information content (AvgIpc) is 2.61. The van der Waals surface area contributed by atoms with E-state index in [4.69, 9.17) is 4.74 Å². The van der Waals surface area contributed by atoms with Gasteiger partial charge in [-0.25, -0.2) is 4.79 Å². The minimum Gasteiger partial charge on any atom is -0.367 e. The second kappa shape index (κ2) is 7.24. The molecule has 2 aromatic rings. The van der Waals surface area contributed by atoms with Crippen LogP contribution in [-0.2, 0) is 11.3 Å². The van der Waals surface area contributed by atoms with Crippen molar-refractivity contribution in [3.05, 3.63) is 66.0 Å². The third-order valence-electron chi connectivity index (χ3n) is 3.89. The van der Waals surface area contributed by atoms with Crippen LogP contribution in [0.2, 0.25) is 0 Å². The normalized spacial score (nSPS) is 21.0. The molecule has 1 aromatic carbocycles. The number of carbonyl (C=O) groups is 1. The highest BCUT2D eigenvalue weighted by Crippen LogP contribution is 2.24. The standard InChI is InChI=1S/C18H21N3O2/c1-14-12-21(13-17(23-14)16-7-3-2-4-8-16)18(22)20-11-15-6-5-9-19-10-15/h2-10,14,17H,11-13H2,1H3,(H,20,22)/t14-,17-/m1/s1. The van der Waals surface area contributed by atoms with Crippen molar-refractivity contribution in [2.24, 2.45) is 0 Å². The number of benzene rings is 1. The predicted octanol–water partition coefficient (Wildman–Crippen LogP) is 2.75. The van der Waals surface area contributed by atoms with Crippen molar-refractivity contribution in [1.29, 1.82) is 0 Å².